The van der Waals surface area contributed by atoms with Gasteiger partial charge in [-0.2, -0.15) is 0 Å². The van der Waals surface area contributed by atoms with Crippen molar-refractivity contribution in [3.8, 4) is 0 Å². The summed E-state index contributed by atoms with van der Waals surface area (Å²) in [6.07, 6.45) is 2.10. The second-order valence-corrected chi connectivity index (χ2v) is 8.46. The SMILES string of the molecule is C[C@H]1CN2C[C@H](O)CC2CN1CC1(O)CCN(c2ccc(F)cc2)CC1. The summed E-state index contributed by atoms with van der Waals surface area (Å²) in [5.41, 5.74) is 0.361. The summed E-state index contributed by atoms with van der Waals surface area (Å²) in [6, 6.07) is 7.43. The molecule has 1 aromatic carbocycles. The maximum Gasteiger partial charge on any atom is 0.123 e. The lowest BCUT2D eigenvalue weighted by Gasteiger charge is -2.47. The standard InChI is InChI=1S/C20H30FN3O2/c1-15-11-23-13-19(25)10-18(23)12-24(15)14-20(26)6-8-22(9-7-20)17-4-2-16(21)3-5-17/h2-5,15,18-19,25-26H,6-14H2,1H3/t15-,18?,19+/m0/s1. The molecule has 0 saturated carbocycles. The lowest BCUT2D eigenvalue weighted by atomic mass is 9.89. The number of nitrogens with zero attached hydrogens (tertiary/aromatic N) is 3. The zero-order valence-electron chi connectivity index (χ0n) is 15.5. The maximum absolute atomic E-state index is 13.1. The highest BCUT2D eigenvalue weighted by Crippen LogP contribution is 2.31. The predicted octanol–water partition coefficient (Wildman–Crippen LogP) is 1.30. The van der Waals surface area contributed by atoms with Gasteiger partial charge in [-0.1, -0.05) is 0 Å². The van der Waals surface area contributed by atoms with Crippen LogP contribution in [0.25, 0.3) is 0 Å². The largest absolute Gasteiger partial charge is 0.392 e. The van der Waals surface area contributed by atoms with E-state index in [1.54, 1.807) is 0 Å². The van der Waals surface area contributed by atoms with Crippen molar-refractivity contribution >= 4 is 5.69 Å². The number of fused-ring (bicyclic) bond motifs is 1. The molecule has 1 unspecified atom stereocenters. The molecule has 2 N–H and O–H groups in total. The molecule has 144 valence electrons. The summed E-state index contributed by atoms with van der Waals surface area (Å²) in [6.45, 7) is 7.20. The van der Waals surface area contributed by atoms with E-state index in [4.69, 9.17) is 0 Å². The number of aliphatic hydroxyl groups is 2. The third-order valence-corrected chi connectivity index (χ3v) is 6.46. The molecule has 0 spiro atoms. The Labute approximate surface area is 155 Å². The van der Waals surface area contributed by atoms with E-state index < -0.39 is 5.60 Å². The highest BCUT2D eigenvalue weighted by molar-refractivity contribution is 5.46. The first-order valence-corrected chi connectivity index (χ1v) is 9.81. The lowest BCUT2D eigenvalue weighted by molar-refractivity contribution is -0.0472. The number of halogens is 1. The summed E-state index contributed by atoms with van der Waals surface area (Å²) in [5, 5.41) is 21.1. The van der Waals surface area contributed by atoms with E-state index in [-0.39, 0.29) is 11.9 Å². The Morgan fingerprint density at radius 1 is 1.12 bits per heavy atom. The molecular weight excluding hydrogens is 333 g/mol. The number of hydrogen-bond donors (Lipinski definition) is 2. The van der Waals surface area contributed by atoms with E-state index in [1.165, 1.54) is 12.1 Å². The van der Waals surface area contributed by atoms with Crippen LogP contribution in [0.15, 0.2) is 24.3 Å². The Morgan fingerprint density at radius 3 is 2.50 bits per heavy atom. The van der Waals surface area contributed by atoms with Crippen molar-refractivity contribution < 1.29 is 14.6 Å². The van der Waals surface area contributed by atoms with E-state index in [2.05, 4.69) is 21.6 Å². The zero-order valence-corrected chi connectivity index (χ0v) is 15.5. The van der Waals surface area contributed by atoms with E-state index in [1.807, 2.05) is 12.1 Å². The number of benzene rings is 1. The monoisotopic (exact) mass is 363 g/mol. The molecule has 26 heavy (non-hydrogen) atoms. The number of aliphatic hydroxyl groups excluding tert-OH is 1. The average molecular weight is 363 g/mol. The normalized spacial score (nSPS) is 32.6. The van der Waals surface area contributed by atoms with Gasteiger partial charge in [-0.25, -0.2) is 4.39 Å². The molecule has 3 aliphatic heterocycles. The van der Waals surface area contributed by atoms with Crippen LogP contribution in [0.1, 0.15) is 26.2 Å². The van der Waals surface area contributed by atoms with Crippen molar-refractivity contribution in [1.82, 2.24) is 9.80 Å². The first kappa shape index (κ1) is 18.2. The topological polar surface area (TPSA) is 50.2 Å². The molecule has 3 saturated heterocycles. The van der Waals surface area contributed by atoms with E-state index >= 15 is 0 Å². The third kappa shape index (κ3) is 3.74. The minimum absolute atomic E-state index is 0.200. The molecule has 6 heteroatoms. The van der Waals surface area contributed by atoms with Gasteiger partial charge in [0.2, 0.25) is 0 Å². The molecule has 0 aliphatic carbocycles. The number of β-amino-alcohol motifs (C(OH)–C–C–N with tert-alkyl or cyclic N) is 1. The quantitative estimate of drug-likeness (QED) is 0.848. The van der Waals surface area contributed by atoms with Gasteiger partial charge >= 0.3 is 0 Å². The molecule has 3 aliphatic rings. The van der Waals surface area contributed by atoms with Crippen LogP contribution in [0.5, 0.6) is 0 Å². The molecule has 3 atom stereocenters. The number of rotatable bonds is 3. The summed E-state index contributed by atoms with van der Waals surface area (Å²) < 4.78 is 13.1. The van der Waals surface area contributed by atoms with Crippen LogP contribution >= 0.6 is 0 Å². The van der Waals surface area contributed by atoms with Crippen LogP contribution in [0.4, 0.5) is 10.1 Å². The van der Waals surface area contributed by atoms with Crippen LogP contribution < -0.4 is 4.90 Å². The van der Waals surface area contributed by atoms with Crippen LogP contribution in [0.3, 0.4) is 0 Å². The van der Waals surface area contributed by atoms with Crippen molar-refractivity contribution in [2.24, 2.45) is 0 Å². The fraction of sp³-hybridized carbons (Fsp3) is 0.700. The fourth-order valence-corrected chi connectivity index (χ4v) is 4.87. The molecule has 3 fully saturated rings. The Morgan fingerprint density at radius 2 is 1.81 bits per heavy atom. The first-order chi connectivity index (χ1) is 12.4. The number of piperazine rings is 1. The Balaban J connectivity index is 1.34. The van der Waals surface area contributed by atoms with Crippen molar-refractivity contribution in [2.75, 3.05) is 44.2 Å². The number of piperidine rings is 1. The summed E-state index contributed by atoms with van der Waals surface area (Å²) in [7, 11) is 0. The van der Waals surface area contributed by atoms with Gasteiger partial charge in [0.1, 0.15) is 5.82 Å². The summed E-state index contributed by atoms with van der Waals surface area (Å²) in [4.78, 5) is 7.03. The molecule has 0 amide bonds. The van der Waals surface area contributed by atoms with Gasteiger partial charge in [-0.3, -0.25) is 9.80 Å². The van der Waals surface area contributed by atoms with Gasteiger partial charge in [0.05, 0.1) is 11.7 Å². The third-order valence-electron chi connectivity index (χ3n) is 6.46. The van der Waals surface area contributed by atoms with Gasteiger partial charge in [0.15, 0.2) is 0 Å². The van der Waals surface area contributed by atoms with Gasteiger partial charge in [0.25, 0.3) is 0 Å². The molecule has 3 heterocycles. The fourth-order valence-electron chi connectivity index (χ4n) is 4.87. The van der Waals surface area contributed by atoms with Gasteiger partial charge < -0.3 is 15.1 Å². The van der Waals surface area contributed by atoms with Crippen LogP contribution in [0.2, 0.25) is 0 Å². The van der Waals surface area contributed by atoms with Gasteiger partial charge in [-0.15, -0.1) is 0 Å². The Kier molecular flexibility index (Phi) is 4.94. The zero-order chi connectivity index (χ0) is 18.3. The Hall–Kier alpha value is -1.21. The lowest BCUT2D eigenvalue weighted by Crippen LogP contribution is -2.60. The first-order valence-electron chi connectivity index (χ1n) is 9.81. The second-order valence-electron chi connectivity index (χ2n) is 8.46. The highest BCUT2D eigenvalue weighted by Gasteiger charge is 2.41. The summed E-state index contributed by atoms with van der Waals surface area (Å²) in [5.74, 6) is -0.215. The smallest absolute Gasteiger partial charge is 0.123 e. The van der Waals surface area contributed by atoms with E-state index in [0.717, 1.165) is 57.7 Å². The second kappa shape index (κ2) is 7.08. The molecule has 4 rings (SSSR count). The maximum atomic E-state index is 13.1. The van der Waals surface area contributed by atoms with Gasteiger partial charge in [-0.05, 0) is 50.5 Å². The average Bonchev–Trinajstić information content (AvgIpc) is 2.95. The molecule has 0 bridgehead atoms. The molecule has 1 aromatic rings. The van der Waals surface area contributed by atoms with Crippen LogP contribution in [0, 0.1) is 5.82 Å². The van der Waals surface area contributed by atoms with Crippen LogP contribution in [-0.2, 0) is 0 Å². The van der Waals surface area contributed by atoms with E-state index in [0.29, 0.717) is 18.6 Å². The number of anilines is 1. The molecular formula is C20H30FN3O2. The van der Waals surface area contributed by atoms with Crippen molar-refractivity contribution in [2.45, 2.75) is 50.0 Å². The molecule has 0 aromatic heterocycles. The Bertz CT molecular complexity index is 618. The minimum Gasteiger partial charge on any atom is -0.392 e. The molecule has 0 radical (unpaired) electrons. The molecule has 5 nitrogen and oxygen atoms in total. The number of hydrogen-bond acceptors (Lipinski definition) is 5. The minimum atomic E-state index is -0.663. The van der Waals surface area contributed by atoms with E-state index in [9.17, 15) is 14.6 Å². The van der Waals surface area contributed by atoms with Gasteiger partial charge in [0, 0.05) is 57.0 Å². The predicted molar refractivity (Wildman–Crippen MR) is 99.8 cm³/mol. The van der Waals surface area contributed by atoms with Crippen molar-refractivity contribution in [3.05, 3.63) is 30.1 Å². The highest BCUT2D eigenvalue weighted by atomic mass is 19.1. The van der Waals surface area contributed by atoms with Crippen molar-refractivity contribution in [1.29, 1.82) is 0 Å². The van der Waals surface area contributed by atoms with Crippen molar-refractivity contribution in [3.63, 3.8) is 0 Å². The van der Waals surface area contributed by atoms with Crippen LogP contribution in [-0.4, -0.2) is 83.1 Å². The summed E-state index contributed by atoms with van der Waals surface area (Å²) >= 11 is 0.